The molecular formula is C15H15ClFN3OS. The van der Waals surface area contributed by atoms with Crippen LogP contribution in [0.4, 0.5) is 9.52 Å². The van der Waals surface area contributed by atoms with Gasteiger partial charge in [0.1, 0.15) is 5.82 Å². The molecule has 0 radical (unpaired) electrons. The fourth-order valence-corrected chi connectivity index (χ4v) is 3.66. The first kappa shape index (κ1) is 15.2. The van der Waals surface area contributed by atoms with Crippen LogP contribution < -0.4 is 10.2 Å². The largest absolute Gasteiger partial charge is 0.350 e. The van der Waals surface area contributed by atoms with Gasteiger partial charge in [-0.15, -0.1) is 11.3 Å². The van der Waals surface area contributed by atoms with Crippen LogP contribution in [-0.2, 0) is 0 Å². The fourth-order valence-electron chi connectivity index (χ4n) is 2.67. The first-order chi connectivity index (χ1) is 10.7. The van der Waals surface area contributed by atoms with Crippen LogP contribution in [0.1, 0.15) is 23.2 Å². The molecular weight excluding hydrogens is 325 g/mol. The van der Waals surface area contributed by atoms with Crippen molar-refractivity contribution in [2.75, 3.05) is 18.0 Å². The second kappa shape index (κ2) is 6.62. The number of hydrogen-bond acceptors (Lipinski definition) is 4. The monoisotopic (exact) mass is 339 g/mol. The quantitative estimate of drug-likeness (QED) is 0.929. The normalized spacial score (nSPS) is 17.7. The first-order valence-corrected chi connectivity index (χ1v) is 8.31. The highest BCUT2D eigenvalue weighted by molar-refractivity contribution is 7.13. The molecule has 3 rings (SSSR count). The number of halogens is 2. The Balaban J connectivity index is 1.66. The lowest BCUT2D eigenvalue weighted by atomic mass is 10.1. The molecule has 2 aromatic rings. The van der Waals surface area contributed by atoms with Crippen LogP contribution in [0.25, 0.3) is 0 Å². The molecule has 1 amide bonds. The van der Waals surface area contributed by atoms with Gasteiger partial charge in [0.15, 0.2) is 5.13 Å². The molecule has 22 heavy (non-hydrogen) atoms. The van der Waals surface area contributed by atoms with Gasteiger partial charge in [0.25, 0.3) is 5.91 Å². The Morgan fingerprint density at radius 2 is 2.41 bits per heavy atom. The zero-order chi connectivity index (χ0) is 15.5. The van der Waals surface area contributed by atoms with E-state index < -0.39 is 11.7 Å². The molecule has 1 saturated heterocycles. The van der Waals surface area contributed by atoms with Gasteiger partial charge in [0.05, 0.1) is 10.6 Å². The third-order valence-electron chi connectivity index (χ3n) is 3.73. The number of anilines is 1. The standard InChI is InChI=1S/C15H15ClFN3OS/c16-11-4-1-5-12(17)13(11)14(21)19-9-10-3-2-7-20(10)15-18-6-8-22-15/h1,4-6,8,10H,2-3,7,9H2,(H,19,21). The number of thiazole rings is 1. The fraction of sp³-hybridized carbons (Fsp3) is 0.333. The molecule has 0 spiro atoms. The first-order valence-electron chi connectivity index (χ1n) is 7.05. The lowest BCUT2D eigenvalue weighted by Crippen LogP contribution is -2.40. The number of carbonyl (C=O) groups excluding carboxylic acids is 1. The van der Waals surface area contributed by atoms with Crippen LogP contribution in [0.2, 0.25) is 5.02 Å². The Hall–Kier alpha value is -1.66. The van der Waals surface area contributed by atoms with E-state index in [4.69, 9.17) is 11.6 Å². The summed E-state index contributed by atoms with van der Waals surface area (Å²) < 4.78 is 13.7. The Morgan fingerprint density at radius 1 is 1.55 bits per heavy atom. The minimum absolute atomic E-state index is 0.0945. The van der Waals surface area contributed by atoms with Crippen molar-refractivity contribution in [3.63, 3.8) is 0 Å². The predicted octanol–water partition coefficient (Wildman–Crippen LogP) is 3.33. The third-order valence-corrected chi connectivity index (χ3v) is 4.85. The van der Waals surface area contributed by atoms with E-state index in [1.54, 1.807) is 17.5 Å². The van der Waals surface area contributed by atoms with E-state index in [9.17, 15) is 9.18 Å². The van der Waals surface area contributed by atoms with Crippen LogP contribution in [0.5, 0.6) is 0 Å². The highest BCUT2D eigenvalue weighted by atomic mass is 35.5. The molecule has 0 bridgehead atoms. The van der Waals surface area contributed by atoms with Gasteiger partial charge in [0.2, 0.25) is 0 Å². The van der Waals surface area contributed by atoms with E-state index >= 15 is 0 Å². The topological polar surface area (TPSA) is 45.2 Å². The summed E-state index contributed by atoms with van der Waals surface area (Å²) in [5.41, 5.74) is -0.0945. The summed E-state index contributed by atoms with van der Waals surface area (Å²) in [7, 11) is 0. The summed E-state index contributed by atoms with van der Waals surface area (Å²) in [6, 6.07) is 4.41. The molecule has 1 N–H and O–H groups in total. The Kier molecular flexibility index (Phi) is 4.59. The maximum absolute atomic E-state index is 13.7. The molecule has 2 heterocycles. The third kappa shape index (κ3) is 3.08. The molecule has 1 aliphatic heterocycles. The summed E-state index contributed by atoms with van der Waals surface area (Å²) >= 11 is 7.49. The average molecular weight is 340 g/mol. The number of nitrogens with zero attached hydrogens (tertiary/aromatic N) is 2. The number of rotatable bonds is 4. The van der Waals surface area contributed by atoms with Gasteiger partial charge in [0, 0.05) is 30.7 Å². The van der Waals surface area contributed by atoms with Crippen molar-refractivity contribution in [1.29, 1.82) is 0 Å². The van der Waals surface area contributed by atoms with Gasteiger partial charge in [-0.1, -0.05) is 17.7 Å². The SMILES string of the molecule is O=C(NCC1CCCN1c1nccs1)c1c(F)cccc1Cl. The van der Waals surface area contributed by atoms with Crippen LogP contribution >= 0.6 is 22.9 Å². The maximum Gasteiger partial charge on any atom is 0.255 e. The van der Waals surface area contributed by atoms with Crippen molar-refractivity contribution in [2.24, 2.45) is 0 Å². The van der Waals surface area contributed by atoms with Crippen LogP contribution in [0.15, 0.2) is 29.8 Å². The Bertz CT molecular complexity index is 645. The van der Waals surface area contributed by atoms with E-state index in [-0.39, 0.29) is 16.6 Å². The minimum Gasteiger partial charge on any atom is -0.350 e. The van der Waals surface area contributed by atoms with Gasteiger partial charge in [-0.2, -0.15) is 0 Å². The molecule has 1 atom stereocenters. The summed E-state index contributed by atoms with van der Waals surface area (Å²) in [5.74, 6) is -1.08. The van der Waals surface area contributed by atoms with Gasteiger partial charge < -0.3 is 10.2 Å². The molecule has 0 aliphatic carbocycles. The summed E-state index contributed by atoms with van der Waals surface area (Å²) in [4.78, 5) is 18.7. The van der Waals surface area contributed by atoms with Crippen LogP contribution in [0.3, 0.4) is 0 Å². The molecule has 0 saturated carbocycles. The second-order valence-electron chi connectivity index (χ2n) is 5.11. The zero-order valence-electron chi connectivity index (χ0n) is 11.8. The van der Waals surface area contributed by atoms with Crippen molar-refractivity contribution in [3.8, 4) is 0 Å². The molecule has 1 aromatic carbocycles. The van der Waals surface area contributed by atoms with Gasteiger partial charge >= 0.3 is 0 Å². The van der Waals surface area contributed by atoms with Crippen molar-refractivity contribution in [3.05, 3.63) is 46.2 Å². The predicted molar refractivity (Wildman–Crippen MR) is 86.2 cm³/mol. The smallest absolute Gasteiger partial charge is 0.255 e. The molecule has 7 heteroatoms. The molecule has 1 aliphatic rings. The zero-order valence-corrected chi connectivity index (χ0v) is 13.3. The van der Waals surface area contributed by atoms with Crippen molar-refractivity contribution in [1.82, 2.24) is 10.3 Å². The van der Waals surface area contributed by atoms with E-state index in [0.717, 1.165) is 24.5 Å². The molecule has 116 valence electrons. The molecule has 4 nitrogen and oxygen atoms in total. The highest BCUT2D eigenvalue weighted by Gasteiger charge is 2.27. The number of aromatic nitrogens is 1. The van der Waals surface area contributed by atoms with Crippen molar-refractivity contribution in [2.45, 2.75) is 18.9 Å². The van der Waals surface area contributed by atoms with Crippen LogP contribution in [0, 0.1) is 5.82 Å². The second-order valence-corrected chi connectivity index (χ2v) is 6.39. The lowest BCUT2D eigenvalue weighted by Gasteiger charge is -2.24. The maximum atomic E-state index is 13.7. The van der Waals surface area contributed by atoms with Gasteiger partial charge in [-0.3, -0.25) is 4.79 Å². The Morgan fingerprint density at radius 3 is 3.14 bits per heavy atom. The van der Waals surface area contributed by atoms with E-state index in [1.807, 2.05) is 5.38 Å². The summed E-state index contributed by atoms with van der Waals surface area (Å²) in [5, 5.41) is 5.80. The minimum atomic E-state index is -0.604. The van der Waals surface area contributed by atoms with Gasteiger partial charge in [-0.05, 0) is 25.0 Å². The highest BCUT2D eigenvalue weighted by Crippen LogP contribution is 2.27. The number of benzene rings is 1. The van der Waals surface area contributed by atoms with Crippen molar-refractivity contribution < 1.29 is 9.18 Å². The number of carbonyl (C=O) groups is 1. The van der Waals surface area contributed by atoms with E-state index in [0.29, 0.717) is 6.54 Å². The Labute approximate surface area is 136 Å². The molecule has 1 fully saturated rings. The van der Waals surface area contributed by atoms with E-state index in [2.05, 4.69) is 15.2 Å². The lowest BCUT2D eigenvalue weighted by molar-refractivity contribution is 0.0947. The average Bonchev–Trinajstić information content (AvgIpc) is 3.15. The molecule has 1 aromatic heterocycles. The van der Waals surface area contributed by atoms with Crippen LogP contribution in [-0.4, -0.2) is 30.0 Å². The molecule has 1 unspecified atom stereocenters. The number of nitrogens with one attached hydrogen (secondary N) is 1. The van der Waals surface area contributed by atoms with E-state index in [1.165, 1.54) is 18.2 Å². The summed E-state index contributed by atoms with van der Waals surface area (Å²) in [6.45, 7) is 1.37. The number of hydrogen-bond donors (Lipinski definition) is 1. The van der Waals surface area contributed by atoms with Crippen molar-refractivity contribution >= 4 is 34.0 Å². The number of amides is 1. The summed E-state index contributed by atoms with van der Waals surface area (Å²) in [6.07, 6.45) is 3.80. The van der Waals surface area contributed by atoms with Gasteiger partial charge in [-0.25, -0.2) is 9.37 Å².